The van der Waals surface area contributed by atoms with E-state index in [1.165, 1.54) is 20.3 Å². The summed E-state index contributed by atoms with van der Waals surface area (Å²) in [6.45, 7) is 10.6. The molecule has 0 spiro atoms. The summed E-state index contributed by atoms with van der Waals surface area (Å²) >= 11 is 0. The van der Waals surface area contributed by atoms with Crippen molar-refractivity contribution in [1.82, 2.24) is 4.57 Å². The molecule has 0 aliphatic carbocycles. The Bertz CT molecular complexity index is 820. The maximum atomic E-state index is 12.1. The third-order valence-electron chi connectivity index (χ3n) is 3.82. The van der Waals surface area contributed by atoms with Gasteiger partial charge in [-0.25, -0.2) is 9.59 Å². The summed E-state index contributed by atoms with van der Waals surface area (Å²) in [5.74, 6) is -1.39. The summed E-state index contributed by atoms with van der Waals surface area (Å²) < 4.78 is 16.4. The van der Waals surface area contributed by atoms with E-state index in [4.69, 9.17) is 9.47 Å². The highest BCUT2D eigenvalue weighted by Crippen LogP contribution is 2.21. The van der Waals surface area contributed by atoms with Crippen LogP contribution in [-0.4, -0.2) is 36.7 Å². The van der Waals surface area contributed by atoms with Gasteiger partial charge in [0.15, 0.2) is 6.73 Å². The van der Waals surface area contributed by atoms with Crippen LogP contribution in [0.3, 0.4) is 0 Å². The number of esters is 3. The smallest absolute Gasteiger partial charge is 0.339 e. The third kappa shape index (κ3) is 5.97. The van der Waals surface area contributed by atoms with Crippen molar-refractivity contribution in [2.24, 2.45) is 5.41 Å². The number of carbonyl (C=O) groups is 3. The van der Waals surface area contributed by atoms with Crippen LogP contribution in [0.1, 0.15) is 43.7 Å². The minimum atomic E-state index is -0.647. The molecule has 0 fully saturated rings. The number of carbonyl (C=O) groups excluding carboxylic acids is 3. The van der Waals surface area contributed by atoms with Gasteiger partial charge in [0.05, 0.1) is 30.8 Å². The summed E-state index contributed by atoms with van der Waals surface area (Å²) in [6.07, 6.45) is 6.18. The van der Waals surface area contributed by atoms with E-state index in [9.17, 15) is 14.4 Å². The molecule has 1 rings (SSSR count). The zero-order valence-electron chi connectivity index (χ0n) is 17.2. The molecule has 1 heterocycles. The summed E-state index contributed by atoms with van der Waals surface area (Å²) in [6, 6.07) is 1.63. The Morgan fingerprint density at radius 3 is 2.29 bits per heavy atom. The van der Waals surface area contributed by atoms with Crippen LogP contribution in [-0.2, 0) is 30.5 Å². The number of aromatic nitrogens is 1. The standard InChI is InChI=1S/C21H27NO6/c1-8-15(18(23)26-6)10-9-14(2)17-11-16(19(24)27-7)12-22(17)13-28-20(25)21(3,4)5/h8-12H,1,13H2,2-7H3/b14-9+,15-10+. The molecular formula is C21H27NO6. The van der Waals surface area contributed by atoms with Crippen molar-refractivity contribution in [2.75, 3.05) is 14.2 Å². The largest absolute Gasteiger partial charge is 0.465 e. The molecule has 0 radical (unpaired) electrons. The van der Waals surface area contributed by atoms with Gasteiger partial charge in [-0.1, -0.05) is 18.7 Å². The van der Waals surface area contributed by atoms with Gasteiger partial charge in [-0.15, -0.1) is 0 Å². The normalized spacial score (nSPS) is 12.4. The van der Waals surface area contributed by atoms with E-state index < -0.39 is 17.4 Å². The average Bonchev–Trinajstić information content (AvgIpc) is 3.08. The molecule has 152 valence electrons. The van der Waals surface area contributed by atoms with E-state index in [0.717, 1.165) is 5.57 Å². The molecule has 0 saturated heterocycles. The number of ether oxygens (including phenoxy) is 3. The zero-order chi connectivity index (χ0) is 21.5. The number of methoxy groups -OCH3 is 2. The second kappa shape index (κ2) is 9.73. The molecule has 28 heavy (non-hydrogen) atoms. The Kier molecular flexibility index (Phi) is 7.98. The molecular weight excluding hydrogens is 362 g/mol. The van der Waals surface area contributed by atoms with E-state index in [-0.39, 0.29) is 18.3 Å². The lowest BCUT2D eigenvalue weighted by molar-refractivity contribution is -0.157. The second-order valence-corrected chi connectivity index (χ2v) is 7.05. The fraction of sp³-hybridized carbons (Fsp3) is 0.381. The Morgan fingerprint density at radius 1 is 1.14 bits per heavy atom. The van der Waals surface area contributed by atoms with Crippen molar-refractivity contribution in [2.45, 2.75) is 34.4 Å². The average molecular weight is 389 g/mol. The predicted molar refractivity (Wildman–Crippen MR) is 105 cm³/mol. The van der Waals surface area contributed by atoms with Crippen molar-refractivity contribution >= 4 is 23.5 Å². The first kappa shape index (κ1) is 23.0. The van der Waals surface area contributed by atoms with E-state index in [1.54, 1.807) is 56.7 Å². The molecule has 7 nitrogen and oxygen atoms in total. The molecule has 0 unspecified atom stereocenters. The van der Waals surface area contributed by atoms with Crippen LogP contribution in [0.4, 0.5) is 0 Å². The first-order chi connectivity index (χ1) is 13.0. The van der Waals surface area contributed by atoms with Crippen molar-refractivity contribution in [3.8, 4) is 0 Å². The molecule has 0 aliphatic heterocycles. The van der Waals surface area contributed by atoms with E-state index in [2.05, 4.69) is 11.3 Å². The highest BCUT2D eigenvalue weighted by atomic mass is 16.5. The van der Waals surface area contributed by atoms with Crippen LogP contribution in [0, 0.1) is 5.41 Å². The van der Waals surface area contributed by atoms with Gasteiger partial charge >= 0.3 is 17.9 Å². The van der Waals surface area contributed by atoms with Crippen molar-refractivity contribution in [1.29, 1.82) is 0 Å². The molecule has 0 bridgehead atoms. The van der Waals surface area contributed by atoms with Gasteiger partial charge in [0.2, 0.25) is 0 Å². The number of rotatable bonds is 7. The minimum absolute atomic E-state index is 0.0668. The molecule has 0 aromatic carbocycles. The van der Waals surface area contributed by atoms with Crippen molar-refractivity contribution < 1.29 is 28.6 Å². The highest BCUT2D eigenvalue weighted by molar-refractivity contribution is 5.92. The third-order valence-corrected chi connectivity index (χ3v) is 3.82. The van der Waals surface area contributed by atoms with Crippen LogP contribution >= 0.6 is 0 Å². The molecule has 0 N–H and O–H groups in total. The molecule has 0 saturated carbocycles. The Hall–Kier alpha value is -3.09. The quantitative estimate of drug-likeness (QED) is 0.307. The molecule has 0 aliphatic rings. The van der Waals surface area contributed by atoms with Gasteiger partial charge in [0.1, 0.15) is 0 Å². The van der Waals surface area contributed by atoms with E-state index >= 15 is 0 Å². The van der Waals surface area contributed by atoms with Gasteiger partial charge in [-0.2, -0.15) is 0 Å². The Morgan fingerprint density at radius 2 is 1.79 bits per heavy atom. The predicted octanol–water partition coefficient (Wildman–Crippen LogP) is 3.51. The highest BCUT2D eigenvalue weighted by Gasteiger charge is 2.23. The van der Waals surface area contributed by atoms with Gasteiger partial charge in [-0.05, 0) is 45.4 Å². The minimum Gasteiger partial charge on any atom is -0.465 e. The van der Waals surface area contributed by atoms with E-state index in [0.29, 0.717) is 11.3 Å². The van der Waals surface area contributed by atoms with E-state index in [1.807, 2.05) is 0 Å². The molecule has 1 aromatic rings. The number of hydrogen-bond donors (Lipinski definition) is 0. The van der Waals surface area contributed by atoms with Crippen LogP contribution in [0.5, 0.6) is 0 Å². The summed E-state index contributed by atoms with van der Waals surface area (Å²) in [5, 5.41) is 0. The van der Waals surface area contributed by atoms with Crippen LogP contribution < -0.4 is 0 Å². The van der Waals surface area contributed by atoms with Gasteiger partial charge in [0, 0.05) is 11.9 Å². The fourth-order valence-electron chi connectivity index (χ4n) is 2.16. The Balaban J connectivity index is 3.25. The maximum Gasteiger partial charge on any atom is 0.339 e. The first-order valence-corrected chi connectivity index (χ1v) is 8.60. The first-order valence-electron chi connectivity index (χ1n) is 8.60. The molecule has 0 atom stereocenters. The lowest BCUT2D eigenvalue weighted by atomic mass is 9.98. The topological polar surface area (TPSA) is 83.8 Å². The molecule has 1 aromatic heterocycles. The summed E-state index contributed by atoms with van der Waals surface area (Å²) in [7, 11) is 2.57. The zero-order valence-corrected chi connectivity index (χ0v) is 17.2. The lowest BCUT2D eigenvalue weighted by Gasteiger charge is -2.18. The Labute approximate surface area is 165 Å². The monoisotopic (exact) mass is 389 g/mol. The summed E-state index contributed by atoms with van der Waals surface area (Å²) in [4.78, 5) is 35.6. The van der Waals surface area contributed by atoms with Crippen LogP contribution in [0.15, 0.2) is 42.6 Å². The lowest BCUT2D eigenvalue weighted by Crippen LogP contribution is -2.24. The number of nitrogens with zero attached hydrogens (tertiary/aromatic N) is 1. The number of allylic oxidation sites excluding steroid dienone is 3. The van der Waals surface area contributed by atoms with Crippen LogP contribution in [0.25, 0.3) is 5.57 Å². The van der Waals surface area contributed by atoms with Gasteiger partial charge in [-0.3, -0.25) is 4.79 Å². The summed E-state index contributed by atoms with van der Waals surface area (Å²) in [5.41, 5.74) is 1.31. The van der Waals surface area contributed by atoms with Crippen LogP contribution in [0.2, 0.25) is 0 Å². The number of hydrogen-bond acceptors (Lipinski definition) is 6. The fourth-order valence-corrected chi connectivity index (χ4v) is 2.16. The van der Waals surface area contributed by atoms with Gasteiger partial charge in [0.25, 0.3) is 0 Å². The molecule has 0 amide bonds. The maximum absolute atomic E-state index is 12.1. The second-order valence-electron chi connectivity index (χ2n) is 7.05. The van der Waals surface area contributed by atoms with Crippen molar-refractivity contribution in [3.05, 3.63) is 53.9 Å². The van der Waals surface area contributed by atoms with Gasteiger partial charge < -0.3 is 18.8 Å². The van der Waals surface area contributed by atoms with Crippen molar-refractivity contribution in [3.63, 3.8) is 0 Å². The molecule has 7 heteroatoms. The SMILES string of the molecule is C=C/C(=C\C=C(/C)c1cc(C(=O)OC)cn1COC(=O)C(C)(C)C)C(=O)OC.